The predicted octanol–water partition coefficient (Wildman–Crippen LogP) is 0.807. The second-order valence-corrected chi connectivity index (χ2v) is 4.69. The van der Waals surface area contributed by atoms with Gasteiger partial charge in [0.25, 0.3) is 0 Å². The molecule has 5 nitrogen and oxygen atoms in total. The Labute approximate surface area is 112 Å². The Balaban J connectivity index is 1.55. The van der Waals surface area contributed by atoms with E-state index in [1.54, 1.807) is 0 Å². The summed E-state index contributed by atoms with van der Waals surface area (Å²) in [5.74, 6) is -0.165. The molecule has 3 amide bonds. The van der Waals surface area contributed by atoms with Crippen LogP contribution in [0.3, 0.4) is 0 Å². The van der Waals surface area contributed by atoms with Crippen molar-refractivity contribution in [1.29, 1.82) is 0 Å². The van der Waals surface area contributed by atoms with E-state index < -0.39 is 0 Å². The van der Waals surface area contributed by atoms with Crippen LogP contribution in [0.4, 0.5) is 4.79 Å². The van der Waals surface area contributed by atoms with Gasteiger partial charge in [-0.3, -0.25) is 4.79 Å². The van der Waals surface area contributed by atoms with E-state index in [1.165, 1.54) is 5.56 Å². The van der Waals surface area contributed by atoms with Gasteiger partial charge in [0.1, 0.15) is 0 Å². The number of amides is 3. The van der Waals surface area contributed by atoms with Gasteiger partial charge in [0.05, 0.1) is 6.54 Å². The zero-order valence-electron chi connectivity index (χ0n) is 10.8. The maximum absolute atomic E-state index is 11.5. The average molecular weight is 261 g/mol. The predicted molar refractivity (Wildman–Crippen MR) is 72.7 cm³/mol. The van der Waals surface area contributed by atoms with Crippen molar-refractivity contribution in [2.24, 2.45) is 0 Å². The fourth-order valence-electron chi connectivity index (χ4n) is 1.68. The zero-order valence-corrected chi connectivity index (χ0v) is 10.8. The maximum Gasteiger partial charge on any atom is 0.315 e. The molecule has 0 aromatic heterocycles. The van der Waals surface area contributed by atoms with Crippen LogP contribution < -0.4 is 16.0 Å². The summed E-state index contributed by atoms with van der Waals surface area (Å²) in [5.41, 5.74) is 1.18. The monoisotopic (exact) mass is 261 g/mol. The first kappa shape index (κ1) is 13.4. The first-order valence-electron chi connectivity index (χ1n) is 6.59. The maximum atomic E-state index is 11.5. The van der Waals surface area contributed by atoms with Crippen molar-refractivity contribution in [2.75, 3.05) is 13.1 Å². The molecule has 19 heavy (non-hydrogen) atoms. The third-order valence-corrected chi connectivity index (χ3v) is 2.90. The minimum Gasteiger partial charge on any atom is -0.354 e. The van der Waals surface area contributed by atoms with E-state index in [2.05, 4.69) is 16.0 Å². The number of rotatable bonds is 6. The second kappa shape index (κ2) is 6.78. The van der Waals surface area contributed by atoms with E-state index >= 15 is 0 Å². The Morgan fingerprint density at radius 3 is 2.53 bits per heavy atom. The standard InChI is InChI=1S/C14H19N3O2/c18-13(10-16-14(19)17-12-6-7-12)15-9-8-11-4-2-1-3-5-11/h1-5,12H,6-10H2,(H,15,18)(H2,16,17,19). The van der Waals surface area contributed by atoms with Gasteiger partial charge in [-0.2, -0.15) is 0 Å². The lowest BCUT2D eigenvalue weighted by atomic mass is 10.1. The summed E-state index contributed by atoms with van der Waals surface area (Å²) < 4.78 is 0. The zero-order chi connectivity index (χ0) is 13.5. The molecule has 0 unspecified atom stereocenters. The molecule has 0 aliphatic heterocycles. The van der Waals surface area contributed by atoms with E-state index in [0.717, 1.165) is 19.3 Å². The van der Waals surface area contributed by atoms with Gasteiger partial charge in [-0.25, -0.2) is 4.79 Å². The quantitative estimate of drug-likeness (QED) is 0.709. The van der Waals surface area contributed by atoms with Crippen molar-refractivity contribution >= 4 is 11.9 Å². The van der Waals surface area contributed by atoms with Crippen molar-refractivity contribution in [3.8, 4) is 0 Å². The molecule has 1 fully saturated rings. The van der Waals surface area contributed by atoms with Gasteiger partial charge < -0.3 is 16.0 Å². The lowest BCUT2D eigenvalue weighted by Crippen LogP contribution is -2.43. The van der Waals surface area contributed by atoms with Gasteiger partial charge in [0.2, 0.25) is 5.91 Å². The van der Waals surface area contributed by atoms with Crippen molar-refractivity contribution < 1.29 is 9.59 Å². The molecule has 0 atom stereocenters. The topological polar surface area (TPSA) is 70.2 Å². The fourth-order valence-corrected chi connectivity index (χ4v) is 1.68. The first-order valence-corrected chi connectivity index (χ1v) is 6.59. The van der Waals surface area contributed by atoms with Crippen molar-refractivity contribution in [3.63, 3.8) is 0 Å². The molecule has 0 radical (unpaired) electrons. The van der Waals surface area contributed by atoms with Crippen LogP contribution in [0.2, 0.25) is 0 Å². The van der Waals surface area contributed by atoms with Crippen LogP contribution in [0.15, 0.2) is 30.3 Å². The summed E-state index contributed by atoms with van der Waals surface area (Å²) in [6, 6.07) is 10.00. The fraction of sp³-hybridized carbons (Fsp3) is 0.429. The largest absolute Gasteiger partial charge is 0.354 e. The molecule has 1 aliphatic carbocycles. The molecule has 2 rings (SSSR count). The Morgan fingerprint density at radius 2 is 1.84 bits per heavy atom. The lowest BCUT2D eigenvalue weighted by molar-refractivity contribution is -0.120. The second-order valence-electron chi connectivity index (χ2n) is 4.69. The molecule has 0 spiro atoms. The molecule has 1 aromatic rings. The van der Waals surface area contributed by atoms with E-state index in [4.69, 9.17) is 0 Å². The molecule has 102 valence electrons. The Morgan fingerprint density at radius 1 is 1.11 bits per heavy atom. The highest BCUT2D eigenvalue weighted by molar-refractivity contribution is 5.84. The molecule has 0 bridgehead atoms. The summed E-state index contributed by atoms with van der Waals surface area (Å²) in [7, 11) is 0. The average Bonchev–Trinajstić information content (AvgIpc) is 3.22. The number of carbonyl (C=O) groups is 2. The molecular weight excluding hydrogens is 242 g/mol. The van der Waals surface area contributed by atoms with E-state index in [1.807, 2.05) is 30.3 Å². The summed E-state index contributed by atoms with van der Waals surface area (Å²) in [6.45, 7) is 0.599. The summed E-state index contributed by atoms with van der Waals surface area (Å²) in [5, 5.41) is 8.08. The van der Waals surface area contributed by atoms with Crippen molar-refractivity contribution in [1.82, 2.24) is 16.0 Å². The smallest absolute Gasteiger partial charge is 0.315 e. The number of benzene rings is 1. The van der Waals surface area contributed by atoms with E-state index in [0.29, 0.717) is 12.6 Å². The van der Waals surface area contributed by atoms with Crippen LogP contribution in [-0.4, -0.2) is 31.1 Å². The Hall–Kier alpha value is -2.04. The lowest BCUT2D eigenvalue weighted by Gasteiger charge is -2.07. The van der Waals surface area contributed by atoms with Gasteiger partial charge in [0.15, 0.2) is 0 Å². The third-order valence-electron chi connectivity index (χ3n) is 2.90. The minimum absolute atomic E-state index is 0.0212. The highest BCUT2D eigenvalue weighted by Crippen LogP contribution is 2.18. The van der Waals surface area contributed by atoms with E-state index in [9.17, 15) is 9.59 Å². The number of urea groups is 1. The van der Waals surface area contributed by atoms with Crippen LogP contribution >= 0.6 is 0 Å². The van der Waals surface area contributed by atoms with E-state index in [-0.39, 0.29) is 18.5 Å². The number of hydrogen-bond donors (Lipinski definition) is 3. The van der Waals surface area contributed by atoms with Gasteiger partial charge in [-0.05, 0) is 24.8 Å². The summed E-state index contributed by atoms with van der Waals surface area (Å²) in [4.78, 5) is 22.8. The van der Waals surface area contributed by atoms with Gasteiger partial charge >= 0.3 is 6.03 Å². The molecular formula is C14H19N3O2. The van der Waals surface area contributed by atoms with Crippen LogP contribution in [0, 0.1) is 0 Å². The highest BCUT2D eigenvalue weighted by Gasteiger charge is 2.23. The third kappa shape index (κ3) is 5.42. The van der Waals surface area contributed by atoms with Crippen LogP contribution in [0.5, 0.6) is 0 Å². The van der Waals surface area contributed by atoms with Gasteiger partial charge in [-0.1, -0.05) is 30.3 Å². The van der Waals surface area contributed by atoms with Gasteiger partial charge in [-0.15, -0.1) is 0 Å². The minimum atomic E-state index is -0.263. The molecule has 1 aromatic carbocycles. The Bertz CT molecular complexity index is 430. The molecule has 0 saturated heterocycles. The highest BCUT2D eigenvalue weighted by atomic mass is 16.2. The molecule has 1 aliphatic rings. The SMILES string of the molecule is O=C(CNC(=O)NC1CC1)NCCc1ccccc1. The van der Waals surface area contributed by atoms with Crippen molar-refractivity contribution in [2.45, 2.75) is 25.3 Å². The summed E-state index contributed by atoms with van der Waals surface area (Å²) >= 11 is 0. The van der Waals surface area contributed by atoms with Crippen LogP contribution in [0.25, 0.3) is 0 Å². The number of nitrogens with one attached hydrogen (secondary N) is 3. The molecule has 5 heteroatoms. The Kier molecular flexibility index (Phi) is 4.78. The molecule has 3 N–H and O–H groups in total. The molecule has 1 saturated carbocycles. The van der Waals surface area contributed by atoms with Crippen LogP contribution in [0.1, 0.15) is 18.4 Å². The number of carbonyl (C=O) groups excluding carboxylic acids is 2. The first-order chi connectivity index (χ1) is 9.24. The number of hydrogen-bond acceptors (Lipinski definition) is 2. The normalized spacial score (nSPS) is 13.7. The van der Waals surface area contributed by atoms with Crippen LogP contribution in [-0.2, 0) is 11.2 Å². The summed E-state index contributed by atoms with van der Waals surface area (Å²) in [6.07, 6.45) is 2.87. The van der Waals surface area contributed by atoms with Crippen molar-refractivity contribution in [3.05, 3.63) is 35.9 Å². The molecule has 0 heterocycles. The van der Waals surface area contributed by atoms with Gasteiger partial charge in [0, 0.05) is 12.6 Å².